The maximum atomic E-state index is 6.44. The molecule has 26 heavy (non-hydrogen) atoms. The molecule has 0 amide bonds. The summed E-state index contributed by atoms with van der Waals surface area (Å²) < 4.78 is 6.00. The number of rotatable bonds is 2. The summed E-state index contributed by atoms with van der Waals surface area (Å²) in [7, 11) is 0. The van der Waals surface area contributed by atoms with E-state index in [1.807, 2.05) is 12.1 Å². The van der Waals surface area contributed by atoms with E-state index in [4.69, 9.17) is 27.1 Å². The van der Waals surface area contributed by atoms with Crippen LogP contribution in [-0.2, 0) is 4.74 Å². The molecule has 4 aliphatic rings. The lowest BCUT2D eigenvalue weighted by Gasteiger charge is -2.61. The first-order valence-electron chi connectivity index (χ1n) is 9.88. The van der Waals surface area contributed by atoms with Crippen LogP contribution in [0.15, 0.2) is 29.3 Å². The van der Waals surface area contributed by atoms with E-state index in [0.29, 0.717) is 23.5 Å². The van der Waals surface area contributed by atoms with Crippen molar-refractivity contribution in [2.24, 2.45) is 22.1 Å². The van der Waals surface area contributed by atoms with Crippen molar-refractivity contribution in [1.29, 1.82) is 0 Å². The molecule has 0 radical (unpaired) electrons. The molecule has 1 aromatic carbocycles. The predicted octanol–water partition coefficient (Wildman–Crippen LogP) is 2.73. The van der Waals surface area contributed by atoms with Gasteiger partial charge in [-0.1, -0.05) is 18.0 Å². The summed E-state index contributed by atoms with van der Waals surface area (Å²) in [5.41, 5.74) is 7.99. The van der Waals surface area contributed by atoms with E-state index in [-0.39, 0.29) is 0 Å². The van der Waals surface area contributed by atoms with Gasteiger partial charge in [0.2, 0.25) is 0 Å². The quantitative estimate of drug-likeness (QED) is 0.638. The highest BCUT2D eigenvalue weighted by molar-refractivity contribution is 6.30. The lowest BCUT2D eigenvalue weighted by molar-refractivity contribution is -0.164. The zero-order valence-electron chi connectivity index (χ0n) is 15.1. The predicted molar refractivity (Wildman–Crippen MR) is 105 cm³/mol. The van der Waals surface area contributed by atoms with Gasteiger partial charge in [0, 0.05) is 54.8 Å². The Kier molecular flexibility index (Phi) is 4.05. The van der Waals surface area contributed by atoms with E-state index >= 15 is 0 Å². The second kappa shape index (κ2) is 6.31. The van der Waals surface area contributed by atoms with Gasteiger partial charge in [0.05, 0.1) is 12.1 Å². The van der Waals surface area contributed by atoms with Gasteiger partial charge in [0.15, 0.2) is 5.96 Å². The van der Waals surface area contributed by atoms with E-state index in [2.05, 4.69) is 21.9 Å². The Morgan fingerprint density at radius 1 is 1.15 bits per heavy atom. The Morgan fingerprint density at radius 3 is 2.54 bits per heavy atom. The van der Waals surface area contributed by atoms with Gasteiger partial charge in [-0.2, -0.15) is 0 Å². The summed E-state index contributed by atoms with van der Waals surface area (Å²) >= 11 is 5.99. The largest absolute Gasteiger partial charge is 0.377 e. The molecule has 4 fully saturated rings. The third-order valence-corrected chi connectivity index (χ3v) is 7.30. The number of nitrogens with two attached hydrogens (primary N) is 1. The number of fused-ring (bicyclic) bond motifs is 2. The molecule has 3 unspecified atom stereocenters. The normalized spacial score (nSPS) is 33.0. The van der Waals surface area contributed by atoms with Crippen LogP contribution in [0.5, 0.6) is 0 Å². The number of guanidine groups is 1. The smallest absolute Gasteiger partial charge is 0.191 e. The van der Waals surface area contributed by atoms with Gasteiger partial charge >= 0.3 is 0 Å². The van der Waals surface area contributed by atoms with Crippen LogP contribution in [0.1, 0.15) is 25.7 Å². The molecular formula is C20H27ClN4O. The van der Waals surface area contributed by atoms with Crippen molar-refractivity contribution in [3.63, 3.8) is 0 Å². The Labute approximate surface area is 160 Å². The molecule has 2 aliphatic heterocycles. The highest BCUT2D eigenvalue weighted by Crippen LogP contribution is 2.64. The Morgan fingerprint density at radius 2 is 1.88 bits per heavy atom. The molecule has 5 nitrogen and oxygen atoms in total. The lowest BCUT2D eigenvalue weighted by atomic mass is 9.46. The molecule has 0 aromatic heterocycles. The van der Waals surface area contributed by atoms with Gasteiger partial charge in [-0.25, -0.2) is 4.99 Å². The van der Waals surface area contributed by atoms with E-state index in [1.165, 1.54) is 24.9 Å². The van der Waals surface area contributed by atoms with Crippen LogP contribution >= 0.6 is 11.6 Å². The van der Waals surface area contributed by atoms with Gasteiger partial charge < -0.3 is 20.3 Å². The molecule has 1 spiro atoms. The standard InChI is InChI=1S/C20H27ClN4O/c21-14-2-4-15(5-3-14)24-9-11-25(12-10-24)19(22)23-17-16-6-13-26-18(16)20(17)7-1-8-20/h2-5,16-18H,1,6-13H2,(H2,22,23). The average molecular weight is 375 g/mol. The van der Waals surface area contributed by atoms with Crippen LogP contribution in [0, 0.1) is 11.3 Å². The Balaban J connectivity index is 1.24. The minimum Gasteiger partial charge on any atom is -0.377 e. The summed E-state index contributed by atoms with van der Waals surface area (Å²) in [4.78, 5) is 9.68. The second-order valence-corrected chi connectivity index (χ2v) is 8.65. The SMILES string of the molecule is NC(=NC1C2CCOC2C12CCC2)N1CCN(c2ccc(Cl)cc2)CC1. The first-order chi connectivity index (χ1) is 12.7. The number of piperazine rings is 1. The Bertz CT molecular complexity index is 694. The molecular weight excluding hydrogens is 348 g/mol. The van der Waals surface area contributed by atoms with Crippen LogP contribution in [0.4, 0.5) is 5.69 Å². The maximum absolute atomic E-state index is 6.44. The third-order valence-electron chi connectivity index (χ3n) is 7.05. The minimum atomic E-state index is 0.316. The summed E-state index contributed by atoms with van der Waals surface area (Å²) in [5, 5.41) is 0.781. The molecule has 3 atom stereocenters. The fraction of sp³-hybridized carbons (Fsp3) is 0.650. The number of hydrogen-bond acceptors (Lipinski definition) is 3. The number of hydrogen-bond donors (Lipinski definition) is 1. The zero-order valence-corrected chi connectivity index (χ0v) is 15.9. The molecule has 1 aromatic rings. The fourth-order valence-corrected chi connectivity index (χ4v) is 5.58. The maximum Gasteiger partial charge on any atom is 0.191 e. The van der Waals surface area contributed by atoms with Gasteiger partial charge in [-0.05, 0) is 43.5 Å². The second-order valence-electron chi connectivity index (χ2n) is 8.21. The molecule has 2 heterocycles. The van der Waals surface area contributed by atoms with Crippen molar-refractivity contribution in [2.75, 3.05) is 37.7 Å². The number of halogens is 1. The highest BCUT2D eigenvalue weighted by Gasteiger charge is 2.66. The zero-order chi connectivity index (χ0) is 17.7. The topological polar surface area (TPSA) is 54.1 Å². The molecule has 2 saturated heterocycles. The molecule has 2 N–H and O–H groups in total. The van der Waals surface area contributed by atoms with Crippen molar-refractivity contribution in [3.05, 3.63) is 29.3 Å². The third kappa shape index (κ3) is 2.51. The minimum absolute atomic E-state index is 0.316. The number of anilines is 1. The summed E-state index contributed by atoms with van der Waals surface area (Å²) in [6, 6.07) is 8.47. The highest BCUT2D eigenvalue weighted by atomic mass is 35.5. The molecule has 6 heteroatoms. The molecule has 2 saturated carbocycles. The number of ether oxygens (including phenoxy) is 1. The van der Waals surface area contributed by atoms with Crippen LogP contribution in [0.2, 0.25) is 5.02 Å². The Hall–Kier alpha value is -1.46. The average Bonchev–Trinajstić information content (AvgIpc) is 3.04. The molecule has 0 bridgehead atoms. The van der Waals surface area contributed by atoms with Crippen molar-refractivity contribution < 1.29 is 4.74 Å². The first-order valence-corrected chi connectivity index (χ1v) is 10.3. The van der Waals surface area contributed by atoms with Gasteiger partial charge in [-0.15, -0.1) is 0 Å². The van der Waals surface area contributed by atoms with Crippen molar-refractivity contribution >= 4 is 23.2 Å². The summed E-state index contributed by atoms with van der Waals surface area (Å²) in [5.74, 6) is 1.34. The summed E-state index contributed by atoms with van der Waals surface area (Å²) in [6.45, 7) is 4.67. The van der Waals surface area contributed by atoms with E-state index < -0.39 is 0 Å². The van der Waals surface area contributed by atoms with Crippen LogP contribution in [0.25, 0.3) is 0 Å². The molecule has 2 aliphatic carbocycles. The van der Waals surface area contributed by atoms with Crippen LogP contribution < -0.4 is 10.6 Å². The van der Waals surface area contributed by atoms with Crippen molar-refractivity contribution in [2.45, 2.75) is 37.8 Å². The first kappa shape index (κ1) is 16.7. The van der Waals surface area contributed by atoms with Gasteiger partial charge in [0.25, 0.3) is 0 Å². The van der Waals surface area contributed by atoms with E-state index in [0.717, 1.165) is 50.2 Å². The van der Waals surface area contributed by atoms with E-state index in [1.54, 1.807) is 0 Å². The van der Waals surface area contributed by atoms with Gasteiger partial charge in [-0.3, -0.25) is 0 Å². The number of benzene rings is 1. The van der Waals surface area contributed by atoms with E-state index in [9.17, 15) is 0 Å². The van der Waals surface area contributed by atoms with Gasteiger partial charge in [0.1, 0.15) is 0 Å². The monoisotopic (exact) mass is 374 g/mol. The number of nitrogens with zero attached hydrogens (tertiary/aromatic N) is 3. The van der Waals surface area contributed by atoms with Crippen molar-refractivity contribution in [1.82, 2.24) is 4.90 Å². The molecule has 140 valence electrons. The lowest BCUT2D eigenvalue weighted by Crippen LogP contribution is -2.66. The van der Waals surface area contributed by atoms with Crippen LogP contribution in [0.3, 0.4) is 0 Å². The number of aliphatic imine (C=N–C) groups is 1. The fourth-order valence-electron chi connectivity index (χ4n) is 5.46. The molecule has 5 rings (SSSR count). The van der Waals surface area contributed by atoms with Crippen LogP contribution in [-0.4, -0.2) is 55.8 Å². The van der Waals surface area contributed by atoms with Crippen molar-refractivity contribution in [3.8, 4) is 0 Å². The summed E-state index contributed by atoms with van der Waals surface area (Å²) in [6.07, 6.45) is 5.45.